The molecular weight excluding hydrogens is 346 g/mol. The molecule has 1 saturated heterocycles. The van der Waals surface area contributed by atoms with Crippen LogP contribution in [0.2, 0.25) is 0 Å². The summed E-state index contributed by atoms with van der Waals surface area (Å²) in [6, 6.07) is 11.6. The zero-order chi connectivity index (χ0) is 18.5. The van der Waals surface area contributed by atoms with Crippen molar-refractivity contribution in [2.75, 3.05) is 45.2 Å². The summed E-state index contributed by atoms with van der Waals surface area (Å²) in [6.45, 7) is 2.60. The summed E-state index contributed by atoms with van der Waals surface area (Å²) in [5, 5.41) is 1.99. The minimum absolute atomic E-state index is 0.0443. The van der Waals surface area contributed by atoms with Crippen molar-refractivity contribution in [3.63, 3.8) is 0 Å². The van der Waals surface area contributed by atoms with Crippen LogP contribution in [0.3, 0.4) is 0 Å². The Morgan fingerprint density at radius 2 is 1.69 bits per heavy atom. The van der Waals surface area contributed by atoms with E-state index < -0.39 is 0 Å². The maximum atomic E-state index is 12.8. The second-order valence-corrected chi connectivity index (χ2v) is 7.76. The largest absolute Gasteiger partial charge is 0.378 e. The van der Waals surface area contributed by atoms with Gasteiger partial charge in [0, 0.05) is 56.4 Å². The summed E-state index contributed by atoms with van der Waals surface area (Å²) in [7, 11) is 3.96. The molecule has 0 atom stereocenters. The summed E-state index contributed by atoms with van der Waals surface area (Å²) >= 11 is 1.61. The maximum Gasteiger partial charge on any atom is 0.253 e. The van der Waals surface area contributed by atoms with E-state index in [9.17, 15) is 9.59 Å². The van der Waals surface area contributed by atoms with E-state index in [0.717, 1.165) is 17.0 Å². The van der Waals surface area contributed by atoms with E-state index in [4.69, 9.17) is 0 Å². The van der Waals surface area contributed by atoms with Crippen LogP contribution < -0.4 is 4.90 Å². The number of anilines is 1. The number of rotatable bonds is 4. The van der Waals surface area contributed by atoms with E-state index in [-0.39, 0.29) is 11.8 Å². The van der Waals surface area contributed by atoms with Crippen molar-refractivity contribution < 1.29 is 9.59 Å². The number of hydrogen-bond donors (Lipinski definition) is 0. The van der Waals surface area contributed by atoms with Crippen LogP contribution in [0.5, 0.6) is 0 Å². The fourth-order valence-electron chi connectivity index (χ4n) is 3.13. The van der Waals surface area contributed by atoms with Gasteiger partial charge in [0.25, 0.3) is 5.91 Å². The number of nitrogens with zero attached hydrogens (tertiary/aromatic N) is 3. The van der Waals surface area contributed by atoms with Crippen LogP contribution in [0.25, 0.3) is 0 Å². The Morgan fingerprint density at radius 3 is 2.35 bits per heavy atom. The first kappa shape index (κ1) is 18.5. The third-order valence-corrected chi connectivity index (χ3v) is 5.55. The number of amides is 2. The molecule has 0 spiro atoms. The van der Waals surface area contributed by atoms with Gasteiger partial charge < -0.3 is 14.7 Å². The van der Waals surface area contributed by atoms with Crippen molar-refractivity contribution in [2.24, 2.45) is 0 Å². The Bertz CT molecular complexity index is 741. The van der Waals surface area contributed by atoms with Gasteiger partial charge >= 0.3 is 0 Å². The van der Waals surface area contributed by atoms with Gasteiger partial charge in [0.05, 0.1) is 6.42 Å². The number of carbonyl (C=O) groups excluding carboxylic acids is 2. The second kappa shape index (κ2) is 8.36. The molecular formula is C20H25N3O2S. The van der Waals surface area contributed by atoms with E-state index in [0.29, 0.717) is 38.2 Å². The van der Waals surface area contributed by atoms with Crippen LogP contribution in [0.15, 0.2) is 41.8 Å². The fourth-order valence-corrected chi connectivity index (χ4v) is 3.82. The molecule has 0 unspecified atom stereocenters. The minimum Gasteiger partial charge on any atom is -0.378 e. The molecule has 1 aliphatic rings. The van der Waals surface area contributed by atoms with Crippen molar-refractivity contribution in [3.05, 3.63) is 52.2 Å². The predicted octanol–water partition coefficient (Wildman–Crippen LogP) is 2.73. The molecule has 1 aromatic heterocycles. The minimum atomic E-state index is 0.0443. The zero-order valence-electron chi connectivity index (χ0n) is 15.4. The topological polar surface area (TPSA) is 43.9 Å². The van der Waals surface area contributed by atoms with Crippen molar-refractivity contribution in [3.8, 4) is 0 Å². The first-order chi connectivity index (χ1) is 12.5. The Hall–Kier alpha value is -2.34. The lowest BCUT2D eigenvalue weighted by atomic mass is 10.1. The highest BCUT2D eigenvalue weighted by atomic mass is 32.1. The van der Waals surface area contributed by atoms with Crippen molar-refractivity contribution in [2.45, 2.75) is 12.8 Å². The molecule has 138 valence electrons. The molecule has 0 N–H and O–H groups in total. The van der Waals surface area contributed by atoms with Gasteiger partial charge in [-0.3, -0.25) is 9.59 Å². The van der Waals surface area contributed by atoms with Gasteiger partial charge in [-0.2, -0.15) is 0 Å². The number of hydrogen-bond acceptors (Lipinski definition) is 4. The Morgan fingerprint density at radius 1 is 1.00 bits per heavy atom. The summed E-state index contributed by atoms with van der Waals surface area (Å²) in [5.74, 6) is 0.194. The average molecular weight is 372 g/mol. The Kier molecular flexibility index (Phi) is 5.93. The van der Waals surface area contributed by atoms with Crippen LogP contribution in [0, 0.1) is 0 Å². The Labute approximate surface area is 158 Å². The van der Waals surface area contributed by atoms with Gasteiger partial charge in [0.2, 0.25) is 5.91 Å². The third kappa shape index (κ3) is 4.43. The average Bonchev–Trinajstić information content (AvgIpc) is 3.02. The SMILES string of the molecule is CN(C)c1ccc(C(=O)N2CCCN(C(=O)Cc3cccs3)CC2)cc1. The standard InChI is InChI=1S/C20H25N3O2S/c1-21(2)17-8-6-16(7-9-17)20(25)23-11-4-10-22(12-13-23)19(24)15-18-5-3-14-26-18/h3,5-9,14H,4,10-13,15H2,1-2H3. The van der Waals surface area contributed by atoms with Gasteiger partial charge in [-0.25, -0.2) is 0 Å². The lowest BCUT2D eigenvalue weighted by Gasteiger charge is -2.22. The second-order valence-electron chi connectivity index (χ2n) is 6.72. The van der Waals surface area contributed by atoms with Gasteiger partial charge in [0.15, 0.2) is 0 Å². The molecule has 26 heavy (non-hydrogen) atoms. The monoisotopic (exact) mass is 371 g/mol. The molecule has 6 heteroatoms. The molecule has 1 aliphatic heterocycles. The highest BCUT2D eigenvalue weighted by Gasteiger charge is 2.23. The van der Waals surface area contributed by atoms with Gasteiger partial charge in [0.1, 0.15) is 0 Å². The number of thiophene rings is 1. The molecule has 0 bridgehead atoms. The van der Waals surface area contributed by atoms with Crippen molar-refractivity contribution in [1.29, 1.82) is 0 Å². The van der Waals surface area contributed by atoms with Crippen molar-refractivity contribution in [1.82, 2.24) is 9.80 Å². The molecule has 1 fully saturated rings. The van der Waals surface area contributed by atoms with E-state index in [1.807, 2.05) is 70.6 Å². The molecule has 3 rings (SSSR count). The molecule has 2 amide bonds. The van der Waals surface area contributed by atoms with Crippen LogP contribution in [-0.2, 0) is 11.2 Å². The van der Waals surface area contributed by atoms with Crippen LogP contribution >= 0.6 is 11.3 Å². The molecule has 5 nitrogen and oxygen atoms in total. The van der Waals surface area contributed by atoms with Crippen LogP contribution in [0.1, 0.15) is 21.7 Å². The predicted molar refractivity (Wildman–Crippen MR) is 106 cm³/mol. The van der Waals surface area contributed by atoms with E-state index in [1.165, 1.54) is 0 Å². The highest BCUT2D eigenvalue weighted by Crippen LogP contribution is 2.16. The van der Waals surface area contributed by atoms with E-state index >= 15 is 0 Å². The molecule has 0 radical (unpaired) electrons. The van der Waals surface area contributed by atoms with Gasteiger partial charge in [-0.05, 0) is 42.1 Å². The summed E-state index contributed by atoms with van der Waals surface area (Å²) in [6.07, 6.45) is 1.27. The van der Waals surface area contributed by atoms with Gasteiger partial charge in [-0.1, -0.05) is 6.07 Å². The molecule has 0 aliphatic carbocycles. The molecule has 1 aromatic carbocycles. The third-order valence-electron chi connectivity index (χ3n) is 4.67. The number of carbonyl (C=O) groups is 2. The van der Waals surface area contributed by atoms with E-state index in [1.54, 1.807) is 11.3 Å². The van der Waals surface area contributed by atoms with Crippen LogP contribution in [0.4, 0.5) is 5.69 Å². The molecule has 2 heterocycles. The summed E-state index contributed by atoms with van der Waals surface area (Å²) in [4.78, 5) is 32.1. The number of benzene rings is 1. The first-order valence-corrected chi connectivity index (χ1v) is 9.79. The molecule has 0 saturated carbocycles. The highest BCUT2D eigenvalue weighted by molar-refractivity contribution is 7.10. The van der Waals surface area contributed by atoms with E-state index in [2.05, 4.69) is 0 Å². The lowest BCUT2D eigenvalue weighted by Crippen LogP contribution is -2.37. The lowest BCUT2D eigenvalue weighted by molar-refractivity contribution is -0.130. The van der Waals surface area contributed by atoms with Crippen molar-refractivity contribution >= 4 is 28.8 Å². The summed E-state index contributed by atoms with van der Waals surface area (Å²) < 4.78 is 0. The first-order valence-electron chi connectivity index (χ1n) is 8.91. The van der Waals surface area contributed by atoms with Gasteiger partial charge in [-0.15, -0.1) is 11.3 Å². The summed E-state index contributed by atoms with van der Waals surface area (Å²) in [5.41, 5.74) is 1.77. The fraction of sp³-hybridized carbons (Fsp3) is 0.400. The smallest absolute Gasteiger partial charge is 0.253 e. The quantitative estimate of drug-likeness (QED) is 0.830. The molecule has 2 aromatic rings. The normalized spacial score (nSPS) is 14.8. The van der Waals surface area contributed by atoms with Crippen LogP contribution in [-0.4, -0.2) is 61.9 Å². The zero-order valence-corrected chi connectivity index (χ0v) is 16.2. The maximum absolute atomic E-state index is 12.8. The Balaban J connectivity index is 1.59.